The number of hydrogen-bond donors (Lipinski definition) is 1. The Bertz CT molecular complexity index is 981. The van der Waals surface area contributed by atoms with E-state index in [0.29, 0.717) is 12.1 Å². The van der Waals surface area contributed by atoms with Crippen molar-refractivity contribution in [3.63, 3.8) is 0 Å². The van der Waals surface area contributed by atoms with E-state index in [0.717, 1.165) is 23.0 Å². The van der Waals surface area contributed by atoms with E-state index < -0.39 is 0 Å². The van der Waals surface area contributed by atoms with Crippen LogP contribution in [0, 0.1) is 0 Å². The Morgan fingerprint density at radius 2 is 1.62 bits per heavy atom. The molecule has 26 heavy (non-hydrogen) atoms. The van der Waals surface area contributed by atoms with Gasteiger partial charge in [-0.15, -0.1) is 0 Å². The fourth-order valence-electron chi connectivity index (χ4n) is 3.18. The first-order valence-electron chi connectivity index (χ1n) is 9.02. The van der Waals surface area contributed by atoms with Crippen LogP contribution in [0.15, 0.2) is 47.3 Å². The maximum absolute atomic E-state index is 12.3. The first-order chi connectivity index (χ1) is 12.5. The van der Waals surface area contributed by atoms with E-state index in [2.05, 4.69) is 24.4 Å². The molecule has 136 valence electrons. The van der Waals surface area contributed by atoms with Gasteiger partial charge in [0.05, 0.1) is 17.5 Å². The van der Waals surface area contributed by atoms with E-state index in [1.807, 2.05) is 30.3 Å². The zero-order valence-electron chi connectivity index (χ0n) is 15.6. The molecular formula is C21H25N3O2. The molecule has 2 aromatic carbocycles. The van der Waals surface area contributed by atoms with Crippen LogP contribution in [0.2, 0.25) is 0 Å². The number of rotatable bonds is 6. The van der Waals surface area contributed by atoms with Gasteiger partial charge in [0.2, 0.25) is 5.91 Å². The number of nitrogens with one attached hydrogen (secondary N) is 1. The Morgan fingerprint density at radius 1 is 0.962 bits per heavy atom. The lowest BCUT2D eigenvalue weighted by Crippen LogP contribution is -2.19. The predicted molar refractivity (Wildman–Crippen MR) is 106 cm³/mol. The molecule has 3 rings (SSSR count). The van der Waals surface area contributed by atoms with E-state index in [1.165, 1.54) is 18.4 Å². The number of imidazole rings is 1. The number of anilines is 1. The van der Waals surface area contributed by atoms with Gasteiger partial charge in [0.25, 0.3) is 0 Å². The Labute approximate surface area is 153 Å². The van der Waals surface area contributed by atoms with Gasteiger partial charge in [0.1, 0.15) is 0 Å². The quantitative estimate of drug-likeness (QED) is 0.740. The van der Waals surface area contributed by atoms with Crippen LogP contribution >= 0.6 is 0 Å². The molecule has 1 amide bonds. The first kappa shape index (κ1) is 18.0. The normalized spacial score (nSPS) is 11.0. The number of hydrogen-bond acceptors (Lipinski definition) is 2. The molecule has 1 N–H and O–H groups in total. The maximum atomic E-state index is 12.3. The molecule has 3 aromatic rings. The lowest BCUT2D eigenvalue weighted by Gasteiger charge is -2.07. The summed E-state index contributed by atoms with van der Waals surface area (Å²) in [7, 11) is 3.48. The molecule has 1 aromatic heterocycles. The Balaban J connectivity index is 1.69. The number of benzene rings is 2. The summed E-state index contributed by atoms with van der Waals surface area (Å²) in [6.07, 6.45) is 3.78. The van der Waals surface area contributed by atoms with Crippen molar-refractivity contribution in [1.82, 2.24) is 9.13 Å². The van der Waals surface area contributed by atoms with Gasteiger partial charge in [-0.3, -0.25) is 13.9 Å². The number of aryl methyl sites for hydroxylation is 3. The summed E-state index contributed by atoms with van der Waals surface area (Å²) in [6.45, 7) is 2.18. The van der Waals surface area contributed by atoms with Crippen LogP contribution in [0.25, 0.3) is 11.0 Å². The number of carbonyl (C=O) groups is 1. The maximum Gasteiger partial charge on any atom is 0.328 e. The highest BCUT2D eigenvalue weighted by molar-refractivity contribution is 5.94. The molecule has 0 saturated carbocycles. The molecule has 0 spiro atoms. The van der Waals surface area contributed by atoms with Gasteiger partial charge in [-0.1, -0.05) is 37.6 Å². The smallest absolute Gasteiger partial charge is 0.326 e. The molecule has 0 aliphatic rings. The predicted octanol–water partition coefficient (Wildman–Crippen LogP) is 3.40. The monoisotopic (exact) mass is 351 g/mol. The molecule has 1 heterocycles. The van der Waals surface area contributed by atoms with Gasteiger partial charge in [0.15, 0.2) is 0 Å². The average Bonchev–Trinajstić information content (AvgIpc) is 2.85. The van der Waals surface area contributed by atoms with E-state index in [1.54, 1.807) is 23.2 Å². The average molecular weight is 351 g/mol. The van der Waals surface area contributed by atoms with Crippen molar-refractivity contribution in [1.29, 1.82) is 0 Å². The third-order valence-corrected chi connectivity index (χ3v) is 4.76. The zero-order valence-corrected chi connectivity index (χ0v) is 15.6. The number of unbranched alkanes of at least 4 members (excludes halogenated alkanes) is 1. The lowest BCUT2D eigenvalue weighted by atomic mass is 10.0. The van der Waals surface area contributed by atoms with E-state index >= 15 is 0 Å². The Kier molecular flexibility index (Phi) is 5.26. The number of nitrogens with zero attached hydrogens (tertiary/aromatic N) is 2. The Hall–Kier alpha value is -2.82. The molecule has 0 saturated heterocycles. The second-order valence-corrected chi connectivity index (χ2v) is 6.75. The number of aromatic nitrogens is 2. The second-order valence-electron chi connectivity index (χ2n) is 6.75. The SMILES string of the molecule is CCCCc1ccc(CC(=O)Nc2ccc3c(c2)n(C)c(=O)n3C)cc1. The van der Waals surface area contributed by atoms with Crippen LogP contribution < -0.4 is 11.0 Å². The minimum absolute atomic E-state index is 0.0633. The topological polar surface area (TPSA) is 56.0 Å². The van der Waals surface area contributed by atoms with Crippen LogP contribution in [-0.4, -0.2) is 15.0 Å². The first-order valence-corrected chi connectivity index (χ1v) is 9.02. The highest BCUT2D eigenvalue weighted by atomic mass is 16.2. The van der Waals surface area contributed by atoms with Crippen LogP contribution in [-0.2, 0) is 31.7 Å². The number of amides is 1. The van der Waals surface area contributed by atoms with Crippen LogP contribution in [0.4, 0.5) is 5.69 Å². The summed E-state index contributed by atoms with van der Waals surface area (Å²) in [4.78, 5) is 24.3. The highest BCUT2D eigenvalue weighted by Gasteiger charge is 2.10. The van der Waals surface area contributed by atoms with Crippen molar-refractivity contribution >= 4 is 22.6 Å². The lowest BCUT2D eigenvalue weighted by molar-refractivity contribution is -0.115. The van der Waals surface area contributed by atoms with Crippen LogP contribution in [0.3, 0.4) is 0 Å². The molecule has 5 heteroatoms. The van der Waals surface area contributed by atoms with Crippen molar-refractivity contribution < 1.29 is 4.79 Å². The van der Waals surface area contributed by atoms with Crippen LogP contribution in [0.5, 0.6) is 0 Å². The number of fused-ring (bicyclic) bond motifs is 1. The third kappa shape index (κ3) is 3.72. The van der Waals surface area contributed by atoms with Crippen molar-refractivity contribution in [3.05, 3.63) is 64.1 Å². The van der Waals surface area contributed by atoms with Crippen LogP contribution in [0.1, 0.15) is 30.9 Å². The summed E-state index contributed by atoms with van der Waals surface area (Å²) < 4.78 is 3.18. The Morgan fingerprint density at radius 3 is 2.31 bits per heavy atom. The van der Waals surface area contributed by atoms with Crippen molar-refractivity contribution in [3.8, 4) is 0 Å². The summed E-state index contributed by atoms with van der Waals surface area (Å²) >= 11 is 0. The van der Waals surface area contributed by atoms with Gasteiger partial charge in [-0.2, -0.15) is 0 Å². The molecule has 0 radical (unpaired) electrons. The minimum atomic E-state index is -0.0772. The van der Waals surface area contributed by atoms with Crippen molar-refractivity contribution in [2.24, 2.45) is 14.1 Å². The van der Waals surface area contributed by atoms with Gasteiger partial charge in [0, 0.05) is 19.8 Å². The molecule has 0 aliphatic carbocycles. The largest absolute Gasteiger partial charge is 0.328 e. The molecule has 0 bridgehead atoms. The molecular weight excluding hydrogens is 326 g/mol. The van der Waals surface area contributed by atoms with Gasteiger partial charge < -0.3 is 5.32 Å². The molecule has 0 atom stereocenters. The summed E-state index contributed by atoms with van der Waals surface area (Å²) in [6, 6.07) is 13.8. The molecule has 0 fully saturated rings. The third-order valence-electron chi connectivity index (χ3n) is 4.76. The van der Waals surface area contributed by atoms with Crippen molar-refractivity contribution in [2.45, 2.75) is 32.6 Å². The van der Waals surface area contributed by atoms with Gasteiger partial charge in [-0.25, -0.2) is 4.79 Å². The molecule has 5 nitrogen and oxygen atoms in total. The van der Waals surface area contributed by atoms with E-state index in [9.17, 15) is 9.59 Å². The van der Waals surface area contributed by atoms with E-state index in [-0.39, 0.29) is 11.6 Å². The second kappa shape index (κ2) is 7.60. The number of carbonyl (C=O) groups excluding carboxylic acids is 1. The van der Waals surface area contributed by atoms with Gasteiger partial charge >= 0.3 is 5.69 Å². The summed E-state index contributed by atoms with van der Waals surface area (Å²) in [5.41, 5.74) is 4.58. The zero-order chi connectivity index (χ0) is 18.7. The summed E-state index contributed by atoms with van der Waals surface area (Å²) in [5, 5.41) is 2.92. The fourth-order valence-corrected chi connectivity index (χ4v) is 3.18. The summed E-state index contributed by atoms with van der Waals surface area (Å²) in [5.74, 6) is -0.0633. The van der Waals surface area contributed by atoms with E-state index in [4.69, 9.17) is 0 Å². The highest BCUT2D eigenvalue weighted by Crippen LogP contribution is 2.18. The fraction of sp³-hybridized carbons (Fsp3) is 0.333. The standard InChI is InChI=1S/C21H25N3O2/c1-4-5-6-15-7-9-16(10-8-15)13-20(25)22-17-11-12-18-19(14-17)24(3)21(26)23(18)2/h7-12,14H,4-6,13H2,1-3H3,(H,22,25). The minimum Gasteiger partial charge on any atom is -0.326 e. The van der Waals surface area contributed by atoms with Gasteiger partial charge in [-0.05, 0) is 42.2 Å². The molecule has 0 unspecified atom stereocenters. The molecule has 0 aliphatic heterocycles. The van der Waals surface area contributed by atoms with Crippen molar-refractivity contribution in [2.75, 3.05) is 5.32 Å².